The predicted octanol–water partition coefficient (Wildman–Crippen LogP) is 1.99. The van der Waals surface area contributed by atoms with Gasteiger partial charge >= 0.3 is 11.8 Å². The summed E-state index contributed by atoms with van der Waals surface area (Å²) in [6.07, 6.45) is 1.40. The van der Waals surface area contributed by atoms with Crippen molar-refractivity contribution in [1.29, 1.82) is 0 Å². The number of nitrogens with one attached hydrogen (secondary N) is 3. The molecule has 29 heavy (non-hydrogen) atoms. The normalized spacial score (nSPS) is 10.6. The average molecular weight is 396 g/mol. The first-order valence-corrected chi connectivity index (χ1v) is 9.07. The lowest BCUT2D eigenvalue weighted by Crippen LogP contribution is -2.34. The molecule has 0 spiro atoms. The Kier molecular flexibility index (Phi) is 7.90. The summed E-state index contributed by atoms with van der Waals surface area (Å²) in [6, 6.07) is 14.0. The molecule has 0 saturated heterocycles. The minimum absolute atomic E-state index is 0.0543. The third-order valence-corrected chi connectivity index (χ3v) is 3.68. The quantitative estimate of drug-likeness (QED) is 0.378. The van der Waals surface area contributed by atoms with Crippen LogP contribution in [-0.4, -0.2) is 36.6 Å². The lowest BCUT2D eigenvalue weighted by Gasteiger charge is -2.09. The maximum atomic E-state index is 11.9. The van der Waals surface area contributed by atoms with Crippen LogP contribution in [0, 0.1) is 6.92 Å². The zero-order chi connectivity index (χ0) is 21.2. The number of ether oxygens (including phenoxy) is 1. The zero-order valence-corrected chi connectivity index (χ0v) is 16.6. The van der Waals surface area contributed by atoms with Gasteiger partial charge in [0.15, 0.2) is 6.61 Å². The first-order valence-electron chi connectivity index (χ1n) is 9.07. The van der Waals surface area contributed by atoms with Crippen molar-refractivity contribution in [2.24, 2.45) is 5.10 Å². The van der Waals surface area contributed by atoms with E-state index in [9.17, 15) is 14.4 Å². The summed E-state index contributed by atoms with van der Waals surface area (Å²) >= 11 is 0. The van der Waals surface area contributed by atoms with Crippen LogP contribution < -0.4 is 20.8 Å². The van der Waals surface area contributed by atoms with Crippen LogP contribution in [0.5, 0.6) is 5.75 Å². The molecular formula is C21H24N4O4. The van der Waals surface area contributed by atoms with Crippen molar-refractivity contribution in [3.8, 4) is 5.75 Å². The highest BCUT2D eigenvalue weighted by atomic mass is 16.5. The Bertz CT molecular complexity index is 892. The maximum Gasteiger partial charge on any atom is 0.329 e. The molecule has 2 aromatic rings. The van der Waals surface area contributed by atoms with Crippen molar-refractivity contribution < 1.29 is 19.1 Å². The summed E-state index contributed by atoms with van der Waals surface area (Å²) in [5.41, 5.74) is 4.27. The van der Waals surface area contributed by atoms with Crippen molar-refractivity contribution >= 4 is 29.6 Å². The molecule has 0 unspecified atom stereocenters. The molecule has 0 aliphatic carbocycles. The number of anilines is 1. The lowest BCUT2D eigenvalue weighted by molar-refractivity contribution is -0.136. The minimum Gasteiger partial charge on any atom is -0.484 e. The smallest absolute Gasteiger partial charge is 0.329 e. The van der Waals surface area contributed by atoms with Crippen LogP contribution >= 0.6 is 0 Å². The van der Waals surface area contributed by atoms with Crippen LogP contribution in [0.15, 0.2) is 53.6 Å². The molecular weight excluding hydrogens is 372 g/mol. The molecule has 3 amide bonds. The lowest BCUT2D eigenvalue weighted by atomic mass is 10.2. The Hall–Kier alpha value is -3.68. The van der Waals surface area contributed by atoms with E-state index in [1.54, 1.807) is 36.4 Å². The van der Waals surface area contributed by atoms with Gasteiger partial charge in [0.05, 0.1) is 6.21 Å². The van der Waals surface area contributed by atoms with Crippen molar-refractivity contribution in [3.05, 3.63) is 59.7 Å². The number of carbonyl (C=O) groups is 3. The number of aryl methyl sites for hydroxylation is 1. The van der Waals surface area contributed by atoms with E-state index in [1.807, 2.05) is 32.9 Å². The van der Waals surface area contributed by atoms with Gasteiger partial charge in [0.1, 0.15) is 5.75 Å². The van der Waals surface area contributed by atoms with Crippen LogP contribution in [0.4, 0.5) is 5.69 Å². The van der Waals surface area contributed by atoms with Gasteiger partial charge in [0.2, 0.25) is 0 Å². The third kappa shape index (κ3) is 7.45. The number of hydrazone groups is 1. The van der Waals surface area contributed by atoms with E-state index in [4.69, 9.17) is 4.74 Å². The summed E-state index contributed by atoms with van der Waals surface area (Å²) in [4.78, 5) is 35.3. The van der Waals surface area contributed by atoms with Crippen LogP contribution in [0.25, 0.3) is 0 Å². The van der Waals surface area contributed by atoms with Gasteiger partial charge in [0, 0.05) is 11.7 Å². The van der Waals surface area contributed by atoms with Crippen LogP contribution in [0.3, 0.4) is 0 Å². The van der Waals surface area contributed by atoms with E-state index >= 15 is 0 Å². The standard InChI is InChI=1S/C21H24N4O4/c1-14(2)23-19(26)13-29-17-10-8-16(9-11-17)12-22-25-21(28)20(27)24-18-7-5-4-6-15(18)3/h4-12,14H,13H2,1-3H3,(H,23,26)(H,24,27)(H,25,28)/b22-12-. The summed E-state index contributed by atoms with van der Waals surface area (Å²) in [6.45, 7) is 5.50. The van der Waals surface area contributed by atoms with E-state index in [1.165, 1.54) is 6.21 Å². The molecule has 0 bridgehead atoms. The third-order valence-electron chi connectivity index (χ3n) is 3.68. The molecule has 0 aliphatic heterocycles. The zero-order valence-electron chi connectivity index (χ0n) is 16.6. The Morgan fingerprint density at radius 3 is 2.38 bits per heavy atom. The van der Waals surface area contributed by atoms with Crippen LogP contribution in [0.1, 0.15) is 25.0 Å². The molecule has 0 saturated carbocycles. The molecule has 2 rings (SSSR count). The number of para-hydroxylation sites is 1. The van der Waals surface area contributed by atoms with Gasteiger partial charge < -0.3 is 15.4 Å². The molecule has 0 radical (unpaired) electrons. The second-order valence-electron chi connectivity index (χ2n) is 6.55. The number of benzene rings is 2. The number of rotatable bonds is 7. The number of hydrogen-bond acceptors (Lipinski definition) is 5. The van der Waals surface area contributed by atoms with Gasteiger partial charge in [-0.05, 0) is 62.2 Å². The fourth-order valence-corrected chi connectivity index (χ4v) is 2.27. The van der Waals surface area contributed by atoms with E-state index in [0.29, 0.717) is 17.0 Å². The largest absolute Gasteiger partial charge is 0.484 e. The first kappa shape index (κ1) is 21.6. The monoisotopic (exact) mass is 396 g/mol. The molecule has 8 nitrogen and oxygen atoms in total. The maximum absolute atomic E-state index is 11.9. The minimum atomic E-state index is -0.874. The highest BCUT2D eigenvalue weighted by Gasteiger charge is 2.13. The second kappa shape index (κ2) is 10.6. The topological polar surface area (TPSA) is 109 Å². The predicted molar refractivity (Wildman–Crippen MR) is 111 cm³/mol. The summed E-state index contributed by atoms with van der Waals surface area (Å²) in [7, 11) is 0. The van der Waals surface area contributed by atoms with E-state index < -0.39 is 11.8 Å². The number of carbonyl (C=O) groups excluding carboxylic acids is 3. The second-order valence-corrected chi connectivity index (χ2v) is 6.55. The van der Waals surface area contributed by atoms with Gasteiger partial charge in [0.25, 0.3) is 5.91 Å². The van der Waals surface area contributed by atoms with Crippen LogP contribution in [-0.2, 0) is 14.4 Å². The van der Waals surface area contributed by atoms with E-state index in [0.717, 1.165) is 5.56 Å². The fraction of sp³-hybridized carbons (Fsp3) is 0.238. The van der Waals surface area contributed by atoms with Gasteiger partial charge in [-0.15, -0.1) is 0 Å². The highest BCUT2D eigenvalue weighted by molar-refractivity contribution is 6.39. The molecule has 0 atom stereocenters. The summed E-state index contributed by atoms with van der Waals surface area (Å²) in [5, 5.41) is 9.03. The molecule has 0 aliphatic rings. The van der Waals surface area contributed by atoms with Crippen molar-refractivity contribution in [2.75, 3.05) is 11.9 Å². The molecule has 152 valence electrons. The van der Waals surface area contributed by atoms with Gasteiger partial charge in [-0.2, -0.15) is 5.10 Å². The Labute approximate surface area is 169 Å². The number of hydrogen-bond donors (Lipinski definition) is 3. The molecule has 0 heterocycles. The molecule has 0 aromatic heterocycles. The Morgan fingerprint density at radius 2 is 1.72 bits per heavy atom. The van der Waals surface area contributed by atoms with Gasteiger partial charge in [-0.1, -0.05) is 18.2 Å². The molecule has 3 N–H and O–H groups in total. The average Bonchev–Trinajstić information content (AvgIpc) is 2.68. The van der Waals surface area contributed by atoms with Crippen molar-refractivity contribution in [1.82, 2.24) is 10.7 Å². The van der Waals surface area contributed by atoms with Gasteiger partial charge in [-0.3, -0.25) is 14.4 Å². The molecule has 0 fully saturated rings. The van der Waals surface area contributed by atoms with Crippen molar-refractivity contribution in [3.63, 3.8) is 0 Å². The SMILES string of the molecule is Cc1ccccc1NC(=O)C(=O)N/N=C\c1ccc(OCC(=O)NC(C)C)cc1. The van der Waals surface area contributed by atoms with Crippen molar-refractivity contribution in [2.45, 2.75) is 26.8 Å². The van der Waals surface area contributed by atoms with Gasteiger partial charge in [-0.25, -0.2) is 5.43 Å². The Balaban J connectivity index is 1.80. The number of amides is 3. The summed E-state index contributed by atoms with van der Waals surface area (Å²) < 4.78 is 5.38. The first-order chi connectivity index (χ1) is 13.8. The molecule has 8 heteroatoms. The fourth-order valence-electron chi connectivity index (χ4n) is 2.27. The molecule has 2 aromatic carbocycles. The van der Waals surface area contributed by atoms with E-state index in [-0.39, 0.29) is 18.6 Å². The van der Waals surface area contributed by atoms with Crippen LogP contribution in [0.2, 0.25) is 0 Å². The summed E-state index contributed by atoms with van der Waals surface area (Å²) in [5.74, 6) is -1.35. The van der Waals surface area contributed by atoms with E-state index in [2.05, 4.69) is 21.2 Å². The Morgan fingerprint density at radius 1 is 1.03 bits per heavy atom. The number of nitrogens with zero attached hydrogens (tertiary/aromatic N) is 1. The highest BCUT2D eigenvalue weighted by Crippen LogP contribution is 2.13.